The molecule has 0 bridgehead atoms. The van der Waals surface area contributed by atoms with Crippen LogP contribution in [0.15, 0.2) is 54.6 Å². The molecule has 1 heterocycles. The van der Waals surface area contributed by atoms with Crippen LogP contribution in [0.25, 0.3) is 5.69 Å². The summed E-state index contributed by atoms with van der Waals surface area (Å²) in [6.07, 6.45) is -5.02. The fourth-order valence-corrected chi connectivity index (χ4v) is 3.04. The van der Waals surface area contributed by atoms with Crippen LogP contribution < -0.4 is 10.5 Å². The molecule has 3 rings (SSSR count). The zero-order valence-electron chi connectivity index (χ0n) is 14.7. The number of hydrogen-bond acceptors (Lipinski definition) is 4. The van der Waals surface area contributed by atoms with Crippen LogP contribution in [0, 0.1) is 6.92 Å². The number of aromatic nitrogens is 2. The molecule has 0 saturated carbocycles. The molecular formula is C19H18F3N3O2. The van der Waals surface area contributed by atoms with E-state index in [1.165, 1.54) is 30.8 Å². The minimum atomic E-state index is -5.02. The van der Waals surface area contributed by atoms with E-state index in [1.54, 1.807) is 30.3 Å². The van der Waals surface area contributed by atoms with Gasteiger partial charge in [-0.3, -0.25) is 0 Å². The fourth-order valence-electron chi connectivity index (χ4n) is 3.04. The van der Waals surface area contributed by atoms with Crippen LogP contribution in [0.3, 0.4) is 0 Å². The molecule has 142 valence electrons. The molecule has 1 unspecified atom stereocenters. The molecule has 3 N–H and O–H groups in total. The van der Waals surface area contributed by atoms with Crippen LogP contribution in [-0.2, 0) is 5.60 Å². The largest absolute Gasteiger partial charge is 0.497 e. The Balaban J connectivity index is 2.24. The number of halogens is 3. The molecular weight excluding hydrogens is 359 g/mol. The summed E-state index contributed by atoms with van der Waals surface area (Å²) in [4.78, 5) is 0. The van der Waals surface area contributed by atoms with Crippen molar-refractivity contribution >= 4 is 5.82 Å². The zero-order chi connectivity index (χ0) is 19.8. The number of benzene rings is 2. The molecule has 0 aliphatic rings. The predicted octanol–water partition coefficient (Wildman–Crippen LogP) is 3.57. The van der Waals surface area contributed by atoms with Gasteiger partial charge in [-0.2, -0.15) is 18.3 Å². The van der Waals surface area contributed by atoms with Crippen LogP contribution in [0.5, 0.6) is 5.75 Å². The van der Waals surface area contributed by atoms with E-state index >= 15 is 0 Å². The van der Waals surface area contributed by atoms with Crippen LogP contribution in [0.1, 0.15) is 16.8 Å². The van der Waals surface area contributed by atoms with Crippen molar-refractivity contribution in [3.63, 3.8) is 0 Å². The van der Waals surface area contributed by atoms with Gasteiger partial charge >= 0.3 is 6.18 Å². The average Bonchev–Trinajstić information content (AvgIpc) is 2.95. The lowest BCUT2D eigenvalue weighted by molar-refractivity contribution is -0.248. The van der Waals surface area contributed by atoms with Crippen molar-refractivity contribution in [1.29, 1.82) is 0 Å². The lowest BCUT2D eigenvalue weighted by atomic mass is 9.85. The van der Waals surface area contributed by atoms with Crippen molar-refractivity contribution in [2.24, 2.45) is 0 Å². The van der Waals surface area contributed by atoms with Gasteiger partial charge in [0, 0.05) is 0 Å². The molecule has 1 aromatic heterocycles. The molecule has 3 aromatic rings. The number of rotatable bonds is 4. The summed E-state index contributed by atoms with van der Waals surface area (Å²) in [6.45, 7) is 1.38. The van der Waals surface area contributed by atoms with Gasteiger partial charge in [-0.25, -0.2) is 4.68 Å². The Kier molecular flexibility index (Phi) is 4.61. The van der Waals surface area contributed by atoms with Crippen LogP contribution >= 0.6 is 0 Å². The summed E-state index contributed by atoms with van der Waals surface area (Å²) in [6, 6.07) is 13.5. The number of methoxy groups -OCH3 is 1. The van der Waals surface area contributed by atoms with Crippen LogP contribution in [0.4, 0.5) is 19.0 Å². The van der Waals surface area contributed by atoms with Crippen LogP contribution in [0.2, 0.25) is 0 Å². The Morgan fingerprint density at radius 2 is 1.63 bits per heavy atom. The second-order valence-corrected chi connectivity index (χ2v) is 6.03. The number of ether oxygens (including phenoxy) is 1. The van der Waals surface area contributed by atoms with Crippen molar-refractivity contribution in [2.45, 2.75) is 18.7 Å². The number of aliphatic hydroxyl groups is 1. The van der Waals surface area contributed by atoms with Gasteiger partial charge in [-0.15, -0.1) is 0 Å². The number of aryl methyl sites for hydroxylation is 1. The third-order valence-electron chi connectivity index (χ3n) is 4.38. The maximum atomic E-state index is 14.1. The normalized spacial score (nSPS) is 14.0. The minimum absolute atomic E-state index is 0.0213. The third kappa shape index (κ3) is 3.02. The summed E-state index contributed by atoms with van der Waals surface area (Å²) in [7, 11) is 1.40. The van der Waals surface area contributed by atoms with Crippen molar-refractivity contribution in [1.82, 2.24) is 9.78 Å². The average molecular weight is 377 g/mol. The highest BCUT2D eigenvalue weighted by atomic mass is 19.4. The number of para-hydroxylation sites is 1. The van der Waals surface area contributed by atoms with E-state index in [1.807, 2.05) is 0 Å². The molecule has 0 saturated heterocycles. The third-order valence-corrected chi connectivity index (χ3v) is 4.38. The Morgan fingerprint density at radius 1 is 1.04 bits per heavy atom. The monoisotopic (exact) mass is 377 g/mol. The number of anilines is 1. The van der Waals surface area contributed by atoms with Crippen molar-refractivity contribution in [3.05, 3.63) is 71.4 Å². The van der Waals surface area contributed by atoms with Crippen molar-refractivity contribution in [2.75, 3.05) is 12.8 Å². The van der Waals surface area contributed by atoms with Gasteiger partial charge in [0.15, 0.2) is 0 Å². The molecule has 2 aromatic carbocycles. The van der Waals surface area contributed by atoms with Gasteiger partial charge in [0.05, 0.1) is 24.1 Å². The van der Waals surface area contributed by atoms with E-state index in [0.29, 0.717) is 11.4 Å². The minimum Gasteiger partial charge on any atom is -0.497 e. The summed E-state index contributed by atoms with van der Waals surface area (Å²) < 4.78 is 48.3. The molecule has 8 heteroatoms. The zero-order valence-corrected chi connectivity index (χ0v) is 14.7. The summed E-state index contributed by atoms with van der Waals surface area (Å²) >= 11 is 0. The van der Waals surface area contributed by atoms with Gasteiger partial charge in [-0.1, -0.05) is 30.3 Å². The molecule has 5 nitrogen and oxygen atoms in total. The van der Waals surface area contributed by atoms with E-state index in [0.717, 1.165) is 12.1 Å². The highest BCUT2D eigenvalue weighted by Gasteiger charge is 2.59. The molecule has 1 atom stereocenters. The summed E-state index contributed by atoms with van der Waals surface area (Å²) in [5.41, 5.74) is 2.30. The Labute approximate surface area is 153 Å². The summed E-state index contributed by atoms with van der Waals surface area (Å²) in [5, 5.41) is 15.0. The second kappa shape index (κ2) is 6.62. The highest BCUT2D eigenvalue weighted by Crippen LogP contribution is 2.47. The van der Waals surface area contributed by atoms with Crippen molar-refractivity contribution in [3.8, 4) is 11.4 Å². The molecule has 0 amide bonds. The quantitative estimate of drug-likeness (QED) is 0.729. The molecule has 0 spiro atoms. The molecule has 27 heavy (non-hydrogen) atoms. The highest BCUT2D eigenvalue weighted by molar-refractivity contribution is 5.57. The fraction of sp³-hybridized carbons (Fsp3) is 0.211. The Morgan fingerprint density at radius 3 is 2.15 bits per heavy atom. The van der Waals surface area contributed by atoms with E-state index < -0.39 is 17.3 Å². The van der Waals surface area contributed by atoms with Gasteiger partial charge in [-0.05, 0) is 36.8 Å². The van der Waals surface area contributed by atoms with Crippen LogP contribution in [-0.4, -0.2) is 28.2 Å². The first-order valence-electron chi connectivity index (χ1n) is 8.04. The Bertz CT molecular complexity index is 937. The first kappa shape index (κ1) is 18.8. The molecule has 0 radical (unpaired) electrons. The first-order valence-corrected chi connectivity index (χ1v) is 8.04. The summed E-state index contributed by atoms with van der Waals surface area (Å²) in [5.74, 6) is 0.0855. The topological polar surface area (TPSA) is 73.3 Å². The number of nitrogens with zero attached hydrogens (tertiary/aromatic N) is 2. The van der Waals surface area contributed by atoms with E-state index in [2.05, 4.69) is 5.10 Å². The maximum absolute atomic E-state index is 14.1. The second-order valence-electron chi connectivity index (χ2n) is 6.03. The standard InChI is InChI=1S/C19H18F3N3O2/c1-12-16(17(23)25(24-12)14-6-4-3-5-7-14)18(26,19(20,21)22)13-8-10-15(27-2)11-9-13/h3-11,26H,23H2,1-2H3. The van der Waals surface area contributed by atoms with Crippen molar-refractivity contribution < 1.29 is 23.0 Å². The van der Waals surface area contributed by atoms with Gasteiger partial charge < -0.3 is 15.6 Å². The van der Waals surface area contributed by atoms with Gasteiger partial charge in [0.1, 0.15) is 11.6 Å². The number of alkyl halides is 3. The lowest BCUT2D eigenvalue weighted by Gasteiger charge is -2.31. The lowest BCUT2D eigenvalue weighted by Crippen LogP contribution is -2.44. The Hall–Kier alpha value is -3.00. The van der Waals surface area contributed by atoms with Gasteiger partial charge in [0.25, 0.3) is 0 Å². The molecule has 0 aliphatic heterocycles. The maximum Gasteiger partial charge on any atom is 0.425 e. The van der Waals surface area contributed by atoms with E-state index in [9.17, 15) is 18.3 Å². The SMILES string of the molecule is COc1ccc(C(O)(c2c(C)nn(-c3ccccc3)c2N)C(F)(F)F)cc1. The predicted molar refractivity (Wildman–Crippen MR) is 94.8 cm³/mol. The van der Waals surface area contributed by atoms with E-state index in [4.69, 9.17) is 10.5 Å². The number of hydrogen-bond donors (Lipinski definition) is 2. The number of nitrogen functional groups attached to an aromatic ring is 1. The number of nitrogens with two attached hydrogens (primary N) is 1. The van der Waals surface area contributed by atoms with Gasteiger partial charge in [0.2, 0.25) is 5.60 Å². The first-order chi connectivity index (χ1) is 12.7. The smallest absolute Gasteiger partial charge is 0.425 e. The molecule has 0 aliphatic carbocycles. The van der Waals surface area contributed by atoms with E-state index in [-0.39, 0.29) is 17.1 Å². The molecule has 0 fully saturated rings.